The number of unbranched alkanes of at least 4 members (excludes halogenated alkanes) is 1. The van der Waals surface area contributed by atoms with Crippen molar-refractivity contribution in [3.05, 3.63) is 0 Å². The first kappa shape index (κ1) is 17.5. The van der Waals surface area contributed by atoms with E-state index in [1.54, 1.807) is 0 Å². The first-order valence-electron chi connectivity index (χ1n) is 5.56. The smallest absolute Gasteiger partial charge is 0.451 e. The molecule has 0 aromatic carbocycles. The molecule has 0 aromatic rings. The van der Waals surface area contributed by atoms with Crippen molar-refractivity contribution in [2.75, 3.05) is 6.54 Å². The molecule has 10 heteroatoms. The lowest BCUT2D eigenvalue weighted by molar-refractivity contribution is -0.143. The molecule has 0 spiro atoms. The Morgan fingerprint density at radius 1 is 1.33 bits per heavy atom. The molecule has 0 amide bonds. The fourth-order valence-electron chi connectivity index (χ4n) is 1.48. The molecule has 8 nitrogen and oxygen atoms in total. The van der Waals surface area contributed by atoms with Crippen LogP contribution in [0, 0.1) is 0 Å². The normalized spacial score (nSPS) is 16.0. The summed E-state index contributed by atoms with van der Waals surface area (Å²) in [5, 5.41) is 31.3. The Morgan fingerprint density at radius 2 is 1.94 bits per heavy atom. The number of hydrogen-bond acceptors (Lipinski definition) is 5. The minimum atomic E-state index is -1.69. The molecule has 106 valence electrons. The molecule has 0 radical (unpaired) electrons. The zero-order valence-electron chi connectivity index (χ0n) is 10.0. The van der Waals surface area contributed by atoms with E-state index in [9.17, 15) is 9.00 Å². The first-order valence-corrected chi connectivity index (χ1v) is 6.77. The van der Waals surface area contributed by atoms with Gasteiger partial charge in [-0.15, -0.1) is 0 Å². The van der Waals surface area contributed by atoms with Gasteiger partial charge in [0.2, 0.25) is 0 Å². The average Bonchev–Trinajstić information content (AvgIpc) is 2.23. The molecule has 2 atom stereocenters. The predicted molar refractivity (Wildman–Crippen MR) is 68.4 cm³/mol. The first-order chi connectivity index (χ1) is 8.28. The van der Waals surface area contributed by atoms with Gasteiger partial charge in [-0.05, 0) is 19.2 Å². The molecule has 0 aromatic heterocycles. The van der Waals surface area contributed by atoms with Gasteiger partial charge in [0.25, 0.3) is 0 Å². The van der Waals surface area contributed by atoms with Crippen LogP contribution in [0.25, 0.3) is 0 Å². The van der Waals surface area contributed by atoms with Gasteiger partial charge in [-0.2, -0.15) is 0 Å². The summed E-state index contributed by atoms with van der Waals surface area (Å²) in [4.78, 5) is 11.1. The van der Waals surface area contributed by atoms with Crippen molar-refractivity contribution in [2.45, 2.75) is 37.5 Å². The second kappa shape index (κ2) is 8.56. The Morgan fingerprint density at radius 3 is 2.39 bits per heavy atom. The van der Waals surface area contributed by atoms with Crippen LogP contribution in [0.1, 0.15) is 25.7 Å². The lowest BCUT2D eigenvalue weighted by Gasteiger charge is -2.24. The van der Waals surface area contributed by atoms with Crippen LogP contribution in [0.15, 0.2) is 0 Å². The van der Waals surface area contributed by atoms with E-state index < -0.39 is 29.8 Å². The van der Waals surface area contributed by atoms with Crippen LogP contribution >= 0.6 is 0 Å². The van der Waals surface area contributed by atoms with Gasteiger partial charge >= 0.3 is 13.1 Å². The van der Waals surface area contributed by atoms with Crippen LogP contribution in [0.4, 0.5) is 0 Å². The van der Waals surface area contributed by atoms with E-state index in [0.717, 1.165) is 0 Å². The number of aliphatic carboxylic acids is 1. The van der Waals surface area contributed by atoms with Gasteiger partial charge in [0.05, 0.1) is 0 Å². The standard InChI is InChI=1S/C8H20BN3O5S/c10-8(7(13)14,4-6-12-18(11)17)3-1-2-5-9(15)16/h12,15-16H,1-6,10-11H2,(H,13,14). The zero-order valence-corrected chi connectivity index (χ0v) is 10.9. The lowest BCUT2D eigenvalue weighted by atomic mass is 9.81. The quantitative estimate of drug-likeness (QED) is 0.199. The molecule has 0 heterocycles. The number of carbonyl (C=O) groups is 1. The highest BCUT2D eigenvalue weighted by atomic mass is 32.2. The van der Waals surface area contributed by atoms with Crippen LogP contribution in [-0.2, 0) is 16.0 Å². The summed E-state index contributed by atoms with van der Waals surface area (Å²) in [5.74, 6) is -1.14. The van der Waals surface area contributed by atoms with Gasteiger partial charge in [0.15, 0.2) is 11.2 Å². The molecule has 0 aliphatic rings. The fraction of sp³-hybridized carbons (Fsp3) is 0.875. The van der Waals surface area contributed by atoms with Crippen molar-refractivity contribution in [3.8, 4) is 0 Å². The van der Waals surface area contributed by atoms with E-state index >= 15 is 0 Å². The Balaban J connectivity index is 4.09. The summed E-state index contributed by atoms with van der Waals surface area (Å²) in [6.45, 7) is 0.133. The van der Waals surface area contributed by atoms with Crippen molar-refractivity contribution in [1.82, 2.24) is 4.72 Å². The number of hydrogen-bond donors (Lipinski definition) is 6. The largest absolute Gasteiger partial charge is 0.480 e. The maximum atomic E-state index is 11.1. The van der Waals surface area contributed by atoms with Crippen molar-refractivity contribution in [2.24, 2.45) is 10.9 Å². The van der Waals surface area contributed by atoms with Gasteiger partial charge in [-0.25, -0.2) is 14.1 Å². The summed E-state index contributed by atoms with van der Waals surface area (Å²) >= 11 is -1.69. The molecule has 8 N–H and O–H groups in total. The highest BCUT2D eigenvalue weighted by molar-refractivity contribution is 7.80. The van der Waals surface area contributed by atoms with Crippen LogP contribution in [-0.4, -0.2) is 44.5 Å². The Kier molecular flexibility index (Phi) is 8.32. The van der Waals surface area contributed by atoms with Gasteiger partial charge in [-0.1, -0.05) is 12.8 Å². The SMILES string of the molecule is NS(=O)NCCC(N)(CCCCB(O)O)C(=O)O. The molecule has 0 aliphatic heterocycles. The average molecular weight is 281 g/mol. The summed E-state index contributed by atoms with van der Waals surface area (Å²) in [6, 6.07) is 0. The molecular formula is C8H20BN3O5S. The van der Waals surface area contributed by atoms with Crippen LogP contribution in [0.3, 0.4) is 0 Å². The molecule has 0 aliphatic carbocycles. The third-order valence-electron chi connectivity index (χ3n) is 2.58. The van der Waals surface area contributed by atoms with Crippen molar-refractivity contribution in [3.63, 3.8) is 0 Å². The second-order valence-corrected chi connectivity index (χ2v) is 5.01. The topological polar surface area (TPSA) is 159 Å². The summed E-state index contributed by atoms with van der Waals surface area (Å²) < 4.78 is 13.0. The van der Waals surface area contributed by atoms with E-state index in [4.69, 9.17) is 26.0 Å². The number of carboxylic acids is 1. The van der Waals surface area contributed by atoms with Gasteiger partial charge in [0, 0.05) is 6.54 Å². The molecule has 2 unspecified atom stereocenters. The van der Waals surface area contributed by atoms with E-state index in [1.165, 1.54) is 0 Å². The number of nitrogens with one attached hydrogen (secondary N) is 1. The summed E-state index contributed by atoms with van der Waals surface area (Å²) in [7, 11) is -1.39. The summed E-state index contributed by atoms with van der Waals surface area (Å²) in [5.41, 5.74) is 4.32. The number of nitrogens with two attached hydrogens (primary N) is 2. The van der Waals surface area contributed by atoms with Gasteiger partial charge < -0.3 is 20.9 Å². The minimum absolute atomic E-state index is 0.0902. The van der Waals surface area contributed by atoms with E-state index in [1.807, 2.05) is 0 Å². The van der Waals surface area contributed by atoms with Crippen molar-refractivity contribution < 1.29 is 24.2 Å². The Hall–Kier alpha value is -0.515. The molecule has 0 saturated carbocycles. The molecule has 0 rings (SSSR count). The number of carboxylic acid groups (broad SMARTS) is 1. The monoisotopic (exact) mass is 281 g/mol. The maximum Gasteiger partial charge on any atom is 0.451 e. The van der Waals surface area contributed by atoms with Crippen molar-refractivity contribution in [1.29, 1.82) is 0 Å². The predicted octanol–water partition coefficient (Wildman–Crippen LogP) is -2.07. The van der Waals surface area contributed by atoms with Crippen LogP contribution in [0.2, 0.25) is 6.32 Å². The molecule has 0 bridgehead atoms. The van der Waals surface area contributed by atoms with Crippen LogP contribution < -0.4 is 15.6 Å². The Bertz CT molecular complexity index is 294. The van der Waals surface area contributed by atoms with E-state index in [2.05, 4.69) is 4.72 Å². The fourth-order valence-corrected chi connectivity index (χ4v) is 1.78. The Labute approximate surface area is 109 Å². The van der Waals surface area contributed by atoms with Gasteiger partial charge in [-0.3, -0.25) is 4.79 Å². The minimum Gasteiger partial charge on any atom is -0.480 e. The molecule has 18 heavy (non-hydrogen) atoms. The third-order valence-corrected chi connectivity index (χ3v) is 3.07. The number of rotatable bonds is 10. The highest BCUT2D eigenvalue weighted by Gasteiger charge is 2.32. The van der Waals surface area contributed by atoms with Crippen LogP contribution in [0.5, 0.6) is 0 Å². The highest BCUT2D eigenvalue weighted by Crippen LogP contribution is 2.17. The maximum absolute atomic E-state index is 11.1. The molecule has 0 saturated heterocycles. The molecular weight excluding hydrogens is 261 g/mol. The van der Waals surface area contributed by atoms with E-state index in [0.29, 0.717) is 12.8 Å². The third kappa shape index (κ3) is 7.74. The lowest BCUT2D eigenvalue weighted by Crippen LogP contribution is -2.50. The summed E-state index contributed by atoms with van der Waals surface area (Å²) in [6.07, 6.45) is 1.41. The van der Waals surface area contributed by atoms with Gasteiger partial charge in [0.1, 0.15) is 5.54 Å². The van der Waals surface area contributed by atoms with E-state index in [-0.39, 0.29) is 25.7 Å². The molecule has 0 fully saturated rings. The second-order valence-electron chi connectivity index (χ2n) is 4.13. The zero-order chi connectivity index (χ0) is 14.2. The van der Waals surface area contributed by atoms with Crippen molar-refractivity contribution >= 4 is 24.3 Å².